The minimum absolute atomic E-state index is 0.0636. The van der Waals surface area contributed by atoms with E-state index < -0.39 is 0 Å². The van der Waals surface area contributed by atoms with Gasteiger partial charge in [-0.25, -0.2) is 4.98 Å². The van der Waals surface area contributed by atoms with Crippen LogP contribution in [0, 0.1) is 0 Å². The van der Waals surface area contributed by atoms with Crippen molar-refractivity contribution >= 4 is 11.0 Å². The predicted octanol–water partition coefficient (Wildman–Crippen LogP) is 1.99. The van der Waals surface area contributed by atoms with Crippen LogP contribution in [0.1, 0.15) is 25.3 Å². The van der Waals surface area contributed by atoms with Gasteiger partial charge in [-0.2, -0.15) is 0 Å². The molecule has 7 heteroatoms. The maximum absolute atomic E-state index is 12.9. The Morgan fingerprint density at radius 2 is 1.72 bits per heavy atom. The van der Waals surface area contributed by atoms with Crippen LogP contribution in [-0.4, -0.2) is 51.2 Å². The van der Waals surface area contributed by atoms with E-state index in [4.69, 9.17) is 10.2 Å². The zero-order chi connectivity index (χ0) is 21.1. The largest absolute Gasteiger partial charge is 0.507 e. The lowest BCUT2D eigenvalue weighted by atomic mass is 10.1. The number of pyridine rings is 2. The monoisotopic (exact) mass is 399 g/mol. The maximum atomic E-state index is 12.9. The fourth-order valence-electron chi connectivity index (χ4n) is 2.93. The van der Waals surface area contributed by atoms with Crippen molar-refractivity contribution in [2.45, 2.75) is 26.2 Å². The Bertz CT molecular complexity index is 938. The molecular formula is C22H29N3O4. The lowest BCUT2D eigenvalue weighted by Crippen LogP contribution is -2.23. The zero-order valence-electron chi connectivity index (χ0n) is 16.7. The summed E-state index contributed by atoms with van der Waals surface area (Å²) in [6, 6.07) is 13.0. The third-order valence-electron chi connectivity index (χ3n) is 4.37. The molecule has 0 saturated carbocycles. The molecule has 29 heavy (non-hydrogen) atoms. The standard InChI is InChI=1S/C18H18N2O2.C4H11NO2/c1-2-3-10-15-16(21)14-11-7-12-19-17(14)20(18(15)22)13-8-5-4-6-9-13;6-3-1-5-2-4-7/h4-9,11-12,21H,2-3,10H2,1H3;5-7H,1-4H2. The van der Waals surface area contributed by atoms with Gasteiger partial charge in [0.2, 0.25) is 0 Å². The Morgan fingerprint density at radius 1 is 1.03 bits per heavy atom. The predicted molar refractivity (Wildman–Crippen MR) is 115 cm³/mol. The molecule has 0 fully saturated rings. The molecule has 0 unspecified atom stereocenters. The summed E-state index contributed by atoms with van der Waals surface area (Å²) in [4.78, 5) is 17.2. The minimum atomic E-state index is -0.191. The van der Waals surface area contributed by atoms with E-state index in [1.54, 1.807) is 22.9 Å². The molecule has 0 aliphatic heterocycles. The van der Waals surface area contributed by atoms with Gasteiger partial charge < -0.3 is 20.6 Å². The Hall–Kier alpha value is -2.74. The molecule has 0 saturated heterocycles. The van der Waals surface area contributed by atoms with Crippen molar-refractivity contribution in [3.05, 3.63) is 64.6 Å². The fourth-order valence-corrected chi connectivity index (χ4v) is 2.93. The van der Waals surface area contributed by atoms with Gasteiger partial charge in [-0.15, -0.1) is 0 Å². The van der Waals surface area contributed by atoms with E-state index in [0.717, 1.165) is 18.5 Å². The van der Waals surface area contributed by atoms with Crippen LogP contribution in [0.3, 0.4) is 0 Å². The van der Waals surface area contributed by atoms with Gasteiger partial charge in [-0.1, -0.05) is 31.5 Å². The molecule has 3 rings (SSSR count). The number of aliphatic hydroxyl groups is 2. The summed E-state index contributed by atoms with van der Waals surface area (Å²) in [5.74, 6) is 0.0636. The summed E-state index contributed by atoms with van der Waals surface area (Å²) in [6.45, 7) is 3.48. The maximum Gasteiger partial charge on any atom is 0.263 e. The van der Waals surface area contributed by atoms with Gasteiger partial charge in [0, 0.05) is 19.3 Å². The lowest BCUT2D eigenvalue weighted by molar-refractivity contribution is 0.266. The van der Waals surface area contributed by atoms with Gasteiger partial charge >= 0.3 is 0 Å². The fraction of sp³-hybridized carbons (Fsp3) is 0.364. The molecule has 2 aromatic heterocycles. The second-order valence-electron chi connectivity index (χ2n) is 6.48. The molecule has 0 atom stereocenters. The summed E-state index contributed by atoms with van der Waals surface area (Å²) >= 11 is 0. The molecule has 0 amide bonds. The van der Waals surface area contributed by atoms with E-state index in [-0.39, 0.29) is 24.5 Å². The number of aliphatic hydroxyl groups excluding tert-OH is 2. The molecular weight excluding hydrogens is 370 g/mol. The molecule has 0 aliphatic carbocycles. The SMILES string of the molecule is CCCCc1c(O)c2cccnc2n(-c2ccccc2)c1=O.OCCNCCO. The van der Waals surface area contributed by atoms with Crippen molar-refractivity contribution in [2.75, 3.05) is 26.3 Å². The molecule has 0 bridgehead atoms. The number of benzene rings is 1. The van der Waals surface area contributed by atoms with Crippen LogP contribution in [0.5, 0.6) is 5.75 Å². The van der Waals surface area contributed by atoms with E-state index in [2.05, 4.69) is 17.2 Å². The van der Waals surface area contributed by atoms with Crippen LogP contribution in [0.2, 0.25) is 0 Å². The average Bonchev–Trinajstić information content (AvgIpc) is 2.75. The zero-order valence-corrected chi connectivity index (χ0v) is 16.7. The minimum Gasteiger partial charge on any atom is -0.507 e. The summed E-state index contributed by atoms with van der Waals surface area (Å²) < 4.78 is 1.58. The highest BCUT2D eigenvalue weighted by Gasteiger charge is 2.17. The van der Waals surface area contributed by atoms with Gasteiger partial charge in [0.1, 0.15) is 5.75 Å². The molecule has 1 aromatic carbocycles. The van der Waals surface area contributed by atoms with Gasteiger partial charge in [0.15, 0.2) is 5.65 Å². The van der Waals surface area contributed by atoms with Gasteiger partial charge in [-0.3, -0.25) is 9.36 Å². The van der Waals surface area contributed by atoms with Crippen molar-refractivity contribution in [1.82, 2.24) is 14.9 Å². The number of nitrogens with one attached hydrogen (secondary N) is 1. The first-order valence-corrected chi connectivity index (χ1v) is 9.85. The molecule has 7 nitrogen and oxygen atoms in total. The highest BCUT2D eigenvalue weighted by Crippen LogP contribution is 2.27. The van der Waals surface area contributed by atoms with E-state index in [9.17, 15) is 9.90 Å². The van der Waals surface area contributed by atoms with E-state index in [1.807, 2.05) is 30.3 Å². The third-order valence-corrected chi connectivity index (χ3v) is 4.37. The molecule has 0 radical (unpaired) electrons. The molecule has 156 valence electrons. The van der Waals surface area contributed by atoms with Crippen LogP contribution in [0.25, 0.3) is 16.7 Å². The van der Waals surface area contributed by atoms with Crippen LogP contribution < -0.4 is 10.9 Å². The molecule has 3 aromatic rings. The number of para-hydroxylation sites is 1. The first kappa shape index (κ1) is 22.5. The van der Waals surface area contributed by atoms with Crippen LogP contribution in [-0.2, 0) is 6.42 Å². The van der Waals surface area contributed by atoms with Crippen molar-refractivity contribution in [2.24, 2.45) is 0 Å². The first-order valence-electron chi connectivity index (χ1n) is 9.85. The van der Waals surface area contributed by atoms with Crippen molar-refractivity contribution in [3.8, 4) is 11.4 Å². The molecule has 0 spiro atoms. The van der Waals surface area contributed by atoms with Crippen molar-refractivity contribution in [3.63, 3.8) is 0 Å². The number of aromatic nitrogens is 2. The number of hydrogen-bond acceptors (Lipinski definition) is 6. The number of rotatable bonds is 8. The summed E-state index contributed by atoms with van der Waals surface area (Å²) in [6.07, 6.45) is 4.03. The van der Waals surface area contributed by atoms with Gasteiger partial charge in [0.05, 0.1) is 29.9 Å². The highest BCUT2D eigenvalue weighted by atomic mass is 16.3. The quantitative estimate of drug-likeness (QED) is 0.432. The van der Waals surface area contributed by atoms with Gasteiger partial charge in [-0.05, 0) is 37.1 Å². The smallest absolute Gasteiger partial charge is 0.263 e. The number of unbranched alkanes of at least 4 members (excludes halogenated alkanes) is 1. The molecule has 0 aliphatic rings. The first-order chi connectivity index (χ1) is 14.2. The second-order valence-corrected chi connectivity index (χ2v) is 6.48. The Labute approximate surface area is 170 Å². The van der Waals surface area contributed by atoms with Crippen molar-refractivity contribution < 1.29 is 15.3 Å². The summed E-state index contributed by atoms with van der Waals surface area (Å²) in [5.41, 5.74) is 1.51. The normalized spacial score (nSPS) is 10.6. The molecule has 2 heterocycles. The Morgan fingerprint density at radius 3 is 2.34 bits per heavy atom. The number of aromatic hydroxyl groups is 1. The number of fused-ring (bicyclic) bond motifs is 1. The molecule has 4 N–H and O–H groups in total. The second kappa shape index (κ2) is 12.0. The van der Waals surface area contributed by atoms with Crippen LogP contribution in [0.15, 0.2) is 53.5 Å². The van der Waals surface area contributed by atoms with E-state index >= 15 is 0 Å². The highest BCUT2D eigenvalue weighted by molar-refractivity contribution is 5.84. The van der Waals surface area contributed by atoms with E-state index in [1.165, 1.54) is 0 Å². The topological polar surface area (TPSA) is 108 Å². The third kappa shape index (κ3) is 5.87. The summed E-state index contributed by atoms with van der Waals surface area (Å²) in [5, 5.41) is 30.2. The Balaban J connectivity index is 0.000000370. The number of hydrogen-bond donors (Lipinski definition) is 4. The van der Waals surface area contributed by atoms with Crippen LogP contribution in [0.4, 0.5) is 0 Å². The van der Waals surface area contributed by atoms with Gasteiger partial charge in [0.25, 0.3) is 5.56 Å². The Kier molecular flexibility index (Phi) is 9.30. The lowest BCUT2D eigenvalue weighted by Gasteiger charge is -2.14. The van der Waals surface area contributed by atoms with Crippen molar-refractivity contribution in [1.29, 1.82) is 0 Å². The summed E-state index contributed by atoms with van der Waals surface area (Å²) in [7, 11) is 0. The van der Waals surface area contributed by atoms with Crippen LogP contribution >= 0.6 is 0 Å². The average molecular weight is 399 g/mol. The van der Waals surface area contributed by atoms with E-state index in [0.29, 0.717) is 36.1 Å². The number of nitrogens with zero attached hydrogens (tertiary/aromatic N) is 2.